The van der Waals surface area contributed by atoms with Crippen molar-refractivity contribution < 1.29 is 4.42 Å². The number of anilines is 1. The number of hydrogen-bond donors (Lipinski definition) is 1. The Morgan fingerprint density at radius 3 is 2.64 bits per heavy atom. The maximum atomic E-state index is 12.0. The van der Waals surface area contributed by atoms with E-state index in [1.807, 2.05) is 53.3 Å². The maximum Gasteiger partial charge on any atom is 0.336 e. The molecule has 0 aliphatic heterocycles. The summed E-state index contributed by atoms with van der Waals surface area (Å²) in [5.41, 5.74) is 4.59. The predicted molar refractivity (Wildman–Crippen MR) is 112 cm³/mol. The van der Waals surface area contributed by atoms with Gasteiger partial charge < -0.3 is 9.73 Å². The molecule has 0 aliphatic carbocycles. The van der Waals surface area contributed by atoms with Crippen molar-refractivity contribution in [2.24, 2.45) is 0 Å². The summed E-state index contributed by atoms with van der Waals surface area (Å²) < 4.78 is 7.25. The summed E-state index contributed by atoms with van der Waals surface area (Å²) in [6.07, 6.45) is 1.91. The molecule has 142 valence electrons. The Morgan fingerprint density at radius 2 is 1.89 bits per heavy atom. The largest absolute Gasteiger partial charge is 0.423 e. The van der Waals surface area contributed by atoms with Gasteiger partial charge in [0.25, 0.3) is 0 Å². The van der Waals surface area contributed by atoms with E-state index < -0.39 is 0 Å². The quantitative estimate of drug-likeness (QED) is 0.499. The first-order chi connectivity index (χ1) is 13.5. The molecule has 0 amide bonds. The standard InChI is InChI=1S/C23H23N3O2/c1-15(2)19-13-20-17(12-23(27)28-21(20)11-16(19)3)14-24-22-9-10-26(25-22)18-7-5-4-6-8-18/h4-13,15H,14H2,1-3H3,(H,24,25). The molecule has 0 unspecified atom stereocenters. The smallest absolute Gasteiger partial charge is 0.336 e. The van der Waals surface area contributed by atoms with Gasteiger partial charge in [-0.25, -0.2) is 9.48 Å². The first-order valence-corrected chi connectivity index (χ1v) is 9.43. The van der Waals surface area contributed by atoms with E-state index >= 15 is 0 Å². The Hall–Kier alpha value is -3.34. The lowest BCUT2D eigenvalue weighted by Gasteiger charge is -2.13. The Balaban J connectivity index is 1.64. The summed E-state index contributed by atoms with van der Waals surface area (Å²) in [5, 5.41) is 8.85. The van der Waals surface area contributed by atoms with Gasteiger partial charge >= 0.3 is 5.63 Å². The molecule has 5 heteroatoms. The van der Waals surface area contributed by atoms with Crippen LogP contribution in [0.2, 0.25) is 0 Å². The van der Waals surface area contributed by atoms with Gasteiger partial charge in [-0.3, -0.25) is 0 Å². The average Bonchev–Trinajstić information content (AvgIpc) is 3.15. The first kappa shape index (κ1) is 18.0. The molecular weight excluding hydrogens is 350 g/mol. The van der Waals surface area contributed by atoms with E-state index in [9.17, 15) is 4.79 Å². The molecule has 28 heavy (non-hydrogen) atoms. The number of aromatic nitrogens is 2. The Labute approximate surface area is 163 Å². The van der Waals surface area contributed by atoms with Crippen LogP contribution in [0.4, 0.5) is 5.82 Å². The molecule has 4 aromatic rings. The lowest BCUT2D eigenvalue weighted by molar-refractivity contribution is 0.558. The van der Waals surface area contributed by atoms with Gasteiger partial charge in [0.1, 0.15) is 11.4 Å². The van der Waals surface area contributed by atoms with Crippen LogP contribution in [0, 0.1) is 6.92 Å². The molecule has 2 heterocycles. The van der Waals surface area contributed by atoms with Crippen molar-refractivity contribution >= 4 is 16.8 Å². The molecule has 0 spiro atoms. The van der Waals surface area contributed by atoms with Gasteiger partial charge in [0.05, 0.1) is 5.69 Å². The molecule has 0 fully saturated rings. The molecule has 2 aromatic heterocycles. The fourth-order valence-corrected chi connectivity index (χ4v) is 3.49. The van der Waals surface area contributed by atoms with Crippen molar-refractivity contribution in [1.29, 1.82) is 0 Å². The first-order valence-electron chi connectivity index (χ1n) is 9.43. The summed E-state index contributed by atoms with van der Waals surface area (Å²) in [6.45, 7) is 6.88. The van der Waals surface area contributed by atoms with E-state index in [1.165, 1.54) is 5.56 Å². The van der Waals surface area contributed by atoms with E-state index in [1.54, 1.807) is 6.07 Å². The van der Waals surface area contributed by atoms with Crippen molar-refractivity contribution in [3.8, 4) is 5.69 Å². The molecule has 5 nitrogen and oxygen atoms in total. The highest BCUT2D eigenvalue weighted by atomic mass is 16.4. The zero-order valence-electron chi connectivity index (χ0n) is 16.3. The van der Waals surface area contributed by atoms with Crippen molar-refractivity contribution in [3.05, 3.63) is 87.9 Å². The van der Waals surface area contributed by atoms with Crippen molar-refractivity contribution in [3.63, 3.8) is 0 Å². The number of fused-ring (bicyclic) bond motifs is 1. The Kier molecular flexibility index (Phi) is 4.74. The van der Waals surface area contributed by atoms with Crippen LogP contribution in [0.25, 0.3) is 16.7 Å². The minimum atomic E-state index is -0.337. The minimum absolute atomic E-state index is 0.337. The van der Waals surface area contributed by atoms with E-state index in [0.717, 1.165) is 28.0 Å². The van der Waals surface area contributed by atoms with E-state index in [2.05, 4.69) is 37.3 Å². The number of para-hydroxylation sites is 1. The minimum Gasteiger partial charge on any atom is -0.423 e. The van der Waals surface area contributed by atoms with Crippen molar-refractivity contribution in [1.82, 2.24) is 9.78 Å². The van der Waals surface area contributed by atoms with Gasteiger partial charge in [-0.1, -0.05) is 32.0 Å². The zero-order valence-corrected chi connectivity index (χ0v) is 16.3. The molecule has 4 rings (SSSR count). The highest BCUT2D eigenvalue weighted by Crippen LogP contribution is 2.27. The van der Waals surface area contributed by atoms with Crippen molar-refractivity contribution in [2.45, 2.75) is 33.2 Å². The van der Waals surface area contributed by atoms with Crippen LogP contribution in [0.3, 0.4) is 0 Å². The highest BCUT2D eigenvalue weighted by molar-refractivity contribution is 5.82. The fraction of sp³-hybridized carbons (Fsp3) is 0.217. The average molecular weight is 373 g/mol. The molecule has 0 saturated heterocycles. The van der Waals surface area contributed by atoms with Crippen LogP contribution < -0.4 is 10.9 Å². The fourth-order valence-electron chi connectivity index (χ4n) is 3.49. The second kappa shape index (κ2) is 7.35. The van der Waals surface area contributed by atoms with Gasteiger partial charge in [-0.05, 0) is 53.8 Å². The van der Waals surface area contributed by atoms with Crippen LogP contribution in [0.5, 0.6) is 0 Å². The van der Waals surface area contributed by atoms with Gasteiger partial charge in [0.15, 0.2) is 0 Å². The molecule has 0 saturated carbocycles. The van der Waals surface area contributed by atoms with Crippen LogP contribution >= 0.6 is 0 Å². The Bertz CT molecular complexity index is 1170. The third-order valence-corrected chi connectivity index (χ3v) is 4.91. The van der Waals surface area contributed by atoms with Crippen LogP contribution in [0.1, 0.15) is 36.5 Å². The van der Waals surface area contributed by atoms with Gasteiger partial charge in [-0.15, -0.1) is 0 Å². The number of nitrogens with one attached hydrogen (secondary N) is 1. The molecule has 0 aliphatic rings. The lowest BCUT2D eigenvalue weighted by atomic mass is 9.95. The van der Waals surface area contributed by atoms with Crippen molar-refractivity contribution in [2.75, 3.05) is 5.32 Å². The summed E-state index contributed by atoms with van der Waals surface area (Å²) in [4.78, 5) is 12.0. The van der Waals surface area contributed by atoms with Gasteiger partial charge in [0, 0.05) is 30.3 Å². The van der Waals surface area contributed by atoms with E-state index in [0.29, 0.717) is 18.0 Å². The third kappa shape index (κ3) is 3.56. The molecule has 1 N–H and O–H groups in total. The molecule has 0 radical (unpaired) electrons. The number of aryl methyl sites for hydroxylation is 1. The second-order valence-corrected chi connectivity index (χ2v) is 7.28. The highest BCUT2D eigenvalue weighted by Gasteiger charge is 2.12. The lowest BCUT2D eigenvalue weighted by Crippen LogP contribution is -2.07. The van der Waals surface area contributed by atoms with Crippen LogP contribution in [0.15, 0.2) is 70.0 Å². The number of hydrogen-bond acceptors (Lipinski definition) is 4. The summed E-state index contributed by atoms with van der Waals surface area (Å²) in [7, 11) is 0. The third-order valence-electron chi connectivity index (χ3n) is 4.91. The number of rotatable bonds is 5. The van der Waals surface area contributed by atoms with Gasteiger partial charge in [0.2, 0.25) is 0 Å². The number of nitrogens with zero attached hydrogens (tertiary/aromatic N) is 2. The van der Waals surface area contributed by atoms with Gasteiger partial charge in [-0.2, -0.15) is 5.10 Å². The van der Waals surface area contributed by atoms with E-state index in [4.69, 9.17) is 4.42 Å². The molecular formula is C23H23N3O2. The molecule has 2 aromatic carbocycles. The second-order valence-electron chi connectivity index (χ2n) is 7.28. The van der Waals surface area contributed by atoms with Crippen LogP contribution in [-0.2, 0) is 6.54 Å². The monoisotopic (exact) mass is 373 g/mol. The molecule has 0 atom stereocenters. The molecule has 0 bridgehead atoms. The summed E-state index contributed by atoms with van der Waals surface area (Å²) in [5.74, 6) is 1.15. The maximum absolute atomic E-state index is 12.0. The predicted octanol–water partition coefficient (Wildman–Crippen LogP) is 5.02. The SMILES string of the molecule is Cc1cc2oc(=O)cc(CNc3ccn(-c4ccccc4)n3)c2cc1C(C)C. The summed E-state index contributed by atoms with van der Waals surface area (Å²) in [6, 6.07) is 17.5. The van der Waals surface area contributed by atoms with E-state index in [-0.39, 0.29) is 5.63 Å². The Morgan fingerprint density at radius 1 is 1.11 bits per heavy atom. The summed E-state index contributed by atoms with van der Waals surface area (Å²) >= 11 is 0. The van der Waals surface area contributed by atoms with Crippen LogP contribution in [-0.4, -0.2) is 9.78 Å². The zero-order chi connectivity index (χ0) is 19.7. The number of benzene rings is 2. The topological polar surface area (TPSA) is 60.1 Å². The normalized spacial score (nSPS) is 11.3.